The van der Waals surface area contributed by atoms with E-state index >= 15 is 0 Å². The van der Waals surface area contributed by atoms with E-state index < -0.39 is 23.3 Å². The van der Waals surface area contributed by atoms with Crippen LogP contribution in [0.4, 0.5) is 4.79 Å². The molecule has 3 aromatic carbocycles. The van der Waals surface area contributed by atoms with Gasteiger partial charge in [0.15, 0.2) is 17.7 Å². The van der Waals surface area contributed by atoms with Crippen molar-refractivity contribution in [2.45, 2.75) is 12.3 Å². The number of amides is 2. The second kappa shape index (κ2) is 9.73. The second-order valence-corrected chi connectivity index (χ2v) is 9.62. The third kappa shape index (κ3) is 4.40. The number of para-hydroxylation sites is 1. The summed E-state index contributed by atoms with van der Waals surface area (Å²) >= 11 is 0.641. The minimum atomic E-state index is -0.802. The number of hydrogen-bond acceptors (Lipinski definition) is 9. The number of thioether (sulfide) groups is 1. The molecule has 1 saturated heterocycles. The molecule has 9 nitrogen and oxygen atoms in total. The average Bonchev–Trinajstić information content (AvgIpc) is 3.52. The normalized spacial score (nSPS) is 21.1. The van der Waals surface area contributed by atoms with E-state index in [0.717, 1.165) is 34.2 Å². The van der Waals surface area contributed by atoms with Crippen molar-refractivity contribution in [1.29, 1.82) is 0 Å². The lowest BCUT2D eigenvalue weighted by Gasteiger charge is -2.39. The lowest BCUT2D eigenvalue weighted by atomic mass is 10.0. The lowest BCUT2D eigenvalue weighted by molar-refractivity contribution is -0.129. The molecule has 3 aromatic rings. The summed E-state index contributed by atoms with van der Waals surface area (Å²) in [5, 5.41) is 3.59. The van der Waals surface area contributed by atoms with Gasteiger partial charge >= 0.3 is 5.97 Å². The number of hydrazine groups is 1. The maximum Gasteiger partial charge on any atom is 0.337 e. The number of benzene rings is 3. The Morgan fingerprint density at radius 2 is 1.82 bits per heavy atom. The first-order valence-corrected chi connectivity index (χ1v) is 12.5. The summed E-state index contributed by atoms with van der Waals surface area (Å²) in [6.07, 6.45) is 2.64. The monoisotopic (exact) mass is 527 g/mol. The zero-order valence-electron chi connectivity index (χ0n) is 20.0. The van der Waals surface area contributed by atoms with Gasteiger partial charge in [-0.2, -0.15) is 5.01 Å². The summed E-state index contributed by atoms with van der Waals surface area (Å²) in [4.78, 5) is 35.5. The highest BCUT2D eigenvalue weighted by atomic mass is 32.2. The number of fused-ring (bicyclic) bond motifs is 3. The molecule has 0 saturated carbocycles. The Hall–Kier alpha value is -4.54. The smallest absolute Gasteiger partial charge is 0.337 e. The van der Waals surface area contributed by atoms with Crippen LogP contribution in [0.2, 0.25) is 0 Å². The van der Waals surface area contributed by atoms with E-state index in [4.69, 9.17) is 14.2 Å². The number of esters is 1. The van der Waals surface area contributed by atoms with Crippen LogP contribution < -0.4 is 25.0 Å². The van der Waals surface area contributed by atoms with Crippen LogP contribution in [-0.4, -0.2) is 29.2 Å². The van der Waals surface area contributed by atoms with Crippen LogP contribution >= 0.6 is 11.8 Å². The lowest BCUT2D eigenvalue weighted by Crippen LogP contribution is -2.43. The molecule has 10 heteroatoms. The van der Waals surface area contributed by atoms with Crippen molar-refractivity contribution in [3.63, 3.8) is 0 Å². The maximum absolute atomic E-state index is 12.4. The van der Waals surface area contributed by atoms with Gasteiger partial charge in [-0.1, -0.05) is 48.5 Å². The van der Waals surface area contributed by atoms with Gasteiger partial charge in [-0.3, -0.25) is 14.9 Å². The molecule has 0 aromatic heterocycles. The highest BCUT2D eigenvalue weighted by molar-refractivity contribution is 8.18. The first-order valence-electron chi connectivity index (χ1n) is 11.7. The van der Waals surface area contributed by atoms with Gasteiger partial charge in [0.1, 0.15) is 5.75 Å². The van der Waals surface area contributed by atoms with Gasteiger partial charge < -0.3 is 19.6 Å². The number of nitrogens with zero attached hydrogens (tertiary/aromatic N) is 1. The number of carbonyl (C=O) groups is 3. The topological polar surface area (TPSA) is 106 Å². The summed E-state index contributed by atoms with van der Waals surface area (Å²) in [5.74, 6) is -0.190. The zero-order valence-corrected chi connectivity index (χ0v) is 20.9. The summed E-state index contributed by atoms with van der Waals surface area (Å²) in [7, 11) is 1.47. The Morgan fingerprint density at radius 1 is 1.03 bits per heavy atom. The number of ether oxygens (including phenoxy) is 3. The van der Waals surface area contributed by atoms with E-state index in [1.54, 1.807) is 18.2 Å². The van der Waals surface area contributed by atoms with E-state index in [1.165, 1.54) is 7.11 Å². The Kier molecular flexibility index (Phi) is 6.10. The molecular formula is C28H21N3O6S. The van der Waals surface area contributed by atoms with Crippen molar-refractivity contribution >= 4 is 34.6 Å². The van der Waals surface area contributed by atoms with Gasteiger partial charge in [0, 0.05) is 17.2 Å². The van der Waals surface area contributed by atoms with Crippen LogP contribution in [0.5, 0.6) is 17.2 Å². The molecule has 3 heterocycles. The van der Waals surface area contributed by atoms with Gasteiger partial charge in [0.25, 0.3) is 11.1 Å². The van der Waals surface area contributed by atoms with Crippen LogP contribution in [0, 0.1) is 0 Å². The molecule has 2 N–H and O–H groups in total. The summed E-state index contributed by atoms with van der Waals surface area (Å²) in [5.41, 5.74) is 7.34. The van der Waals surface area contributed by atoms with Crippen molar-refractivity contribution in [1.82, 2.24) is 15.8 Å². The first kappa shape index (κ1) is 23.8. The molecule has 3 aliphatic heterocycles. The summed E-state index contributed by atoms with van der Waals surface area (Å²) in [6, 6.07) is 23.0. The molecule has 190 valence electrons. The van der Waals surface area contributed by atoms with E-state index in [9.17, 15) is 14.4 Å². The quantitative estimate of drug-likeness (QED) is 0.283. The molecule has 2 atom stereocenters. The molecule has 38 heavy (non-hydrogen) atoms. The SMILES string of the molecule is COc1cc(C2Oc3ccccc3C3C=C(c4ccccc4)NN32)ccc1OC(=O)C=C1SC(=O)NC1=O. The van der Waals surface area contributed by atoms with E-state index in [2.05, 4.69) is 16.8 Å². The fourth-order valence-corrected chi connectivity index (χ4v) is 5.17. The molecule has 2 unspecified atom stereocenters. The Labute approximate surface area is 222 Å². The molecule has 0 bridgehead atoms. The van der Waals surface area contributed by atoms with Gasteiger partial charge in [-0.25, -0.2) is 4.79 Å². The predicted octanol–water partition coefficient (Wildman–Crippen LogP) is 4.46. The molecule has 3 aliphatic rings. The van der Waals surface area contributed by atoms with Crippen molar-refractivity contribution in [3.8, 4) is 17.2 Å². The van der Waals surface area contributed by atoms with Gasteiger partial charge in [0.2, 0.25) is 0 Å². The van der Waals surface area contributed by atoms with E-state index in [0.29, 0.717) is 17.5 Å². The number of rotatable bonds is 5. The van der Waals surface area contributed by atoms with Gasteiger partial charge in [-0.15, -0.1) is 0 Å². The van der Waals surface area contributed by atoms with Crippen LogP contribution in [-0.2, 0) is 9.59 Å². The standard InChI is InChI=1S/C28H21N3O6S/c1-35-23-13-17(11-12-22(23)36-25(32)15-24-26(33)29-28(34)38-24)27-31-20(18-9-5-6-10-21(18)37-27)14-19(30-31)16-7-3-2-4-8-16/h2-15,20,27,30H,1H3,(H,29,33,34). The van der Waals surface area contributed by atoms with Gasteiger partial charge in [-0.05, 0) is 47.7 Å². The van der Waals surface area contributed by atoms with Crippen LogP contribution in [0.15, 0.2) is 89.9 Å². The molecule has 0 spiro atoms. The van der Waals surface area contributed by atoms with Crippen molar-refractivity contribution in [3.05, 3.63) is 107 Å². The predicted molar refractivity (Wildman–Crippen MR) is 140 cm³/mol. The largest absolute Gasteiger partial charge is 0.493 e. The van der Waals surface area contributed by atoms with E-state index in [1.807, 2.05) is 59.6 Å². The highest BCUT2D eigenvalue weighted by Crippen LogP contribution is 2.46. The third-order valence-electron chi connectivity index (χ3n) is 6.26. The zero-order chi connectivity index (χ0) is 26.2. The Balaban J connectivity index is 1.29. The van der Waals surface area contributed by atoms with Crippen LogP contribution in [0.3, 0.4) is 0 Å². The molecule has 2 amide bonds. The van der Waals surface area contributed by atoms with E-state index in [-0.39, 0.29) is 16.7 Å². The van der Waals surface area contributed by atoms with Crippen molar-refractivity contribution in [2.24, 2.45) is 0 Å². The molecule has 0 radical (unpaired) electrons. The highest BCUT2D eigenvalue weighted by Gasteiger charge is 2.40. The third-order valence-corrected chi connectivity index (χ3v) is 7.07. The van der Waals surface area contributed by atoms with Crippen molar-refractivity contribution in [2.75, 3.05) is 7.11 Å². The van der Waals surface area contributed by atoms with Gasteiger partial charge in [0.05, 0.1) is 23.8 Å². The second-order valence-electron chi connectivity index (χ2n) is 8.60. The summed E-state index contributed by atoms with van der Waals surface area (Å²) < 4.78 is 17.4. The summed E-state index contributed by atoms with van der Waals surface area (Å²) in [6.45, 7) is 0. The fourth-order valence-electron chi connectivity index (χ4n) is 4.53. The minimum Gasteiger partial charge on any atom is -0.493 e. The Morgan fingerprint density at radius 3 is 2.58 bits per heavy atom. The number of hydrogen-bond donors (Lipinski definition) is 2. The molecule has 1 fully saturated rings. The van der Waals surface area contributed by atoms with Crippen LogP contribution in [0.25, 0.3) is 5.70 Å². The maximum atomic E-state index is 12.4. The number of nitrogens with one attached hydrogen (secondary N) is 2. The number of carbonyl (C=O) groups excluding carboxylic acids is 3. The minimum absolute atomic E-state index is 0.0299. The average molecular weight is 528 g/mol. The molecule has 6 rings (SSSR count). The number of imide groups is 1. The number of methoxy groups -OCH3 is 1. The van der Waals surface area contributed by atoms with Crippen LogP contribution in [0.1, 0.15) is 29.0 Å². The fraction of sp³-hybridized carbons (Fsp3) is 0.107. The Bertz CT molecular complexity index is 1520. The van der Waals surface area contributed by atoms with Crippen molar-refractivity contribution < 1.29 is 28.6 Å². The first-order chi connectivity index (χ1) is 18.5. The molecular weight excluding hydrogens is 506 g/mol. The molecule has 0 aliphatic carbocycles.